The molecule has 1 aliphatic heterocycles. The first-order valence-electron chi connectivity index (χ1n) is 10.0. The second-order valence-corrected chi connectivity index (χ2v) is 9.17. The van der Waals surface area contributed by atoms with Crippen molar-refractivity contribution in [3.8, 4) is 0 Å². The molecule has 1 N–H and O–H groups in total. The number of carbonyl (C=O) groups excluding carboxylic acids is 1. The Kier molecular flexibility index (Phi) is 5.21. The molecule has 1 unspecified atom stereocenters. The summed E-state index contributed by atoms with van der Waals surface area (Å²) in [5, 5.41) is 1.82. The Labute approximate surface area is 162 Å². The number of amides is 1. The van der Waals surface area contributed by atoms with Gasteiger partial charge >= 0.3 is 5.69 Å². The van der Waals surface area contributed by atoms with Crippen LogP contribution >= 0.6 is 11.3 Å². The molecule has 1 saturated carbocycles. The summed E-state index contributed by atoms with van der Waals surface area (Å²) >= 11 is 1.37. The van der Waals surface area contributed by atoms with E-state index < -0.39 is 0 Å². The van der Waals surface area contributed by atoms with Crippen LogP contribution in [-0.4, -0.2) is 33.4 Å². The van der Waals surface area contributed by atoms with Gasteiger partial charge in [-0.3, -0.25) is 14.2 Å². The highest BCUT2D eigenvalue weighted by Gasteiger charge is 2.31. The fraction of sp³-hybridized carbons (Fsp3) is 0.650. The minimum Gasteiger partial charge on any atom is -0.342 e. The van der Waals surface area contributed by atoms with E-state index in [4.69, 9.17) is 0 Å². The van der Waals surface area contributed by atoms with Gasteiger partial charge in [-0.2, -0.15) is 0 Å². The highest BCUT2D eigenvalue weighted by atomic mass is 32.1. The minimum atomic E-state index is -0.327. The molecule has 1 atom stereocenters. The predicted molar refractivity (Wildman–Crippen MR) is 107 cm³/mol. The van der Waals surface area contributed by atoms with Gasteiger partial charge in [0.2, 0.25) is 5.91 Å². The Bertz CT molecular complexity index is 936. The maximum atomic E-state index is 12.8. The van der Waals surface area contributed by atoms with Crippen LogP contribution in [0.15, 0.2) is 21.0 Å². The summed E-state index contributed by atoms with van der Waals surface area (Å²) in [6, 6.07) is 1.77. The number of piperidine rings is 1. The monoisotopic (exact) mass is 389 g/mol. The average molecular weight is 390 g/mol. The third kappa shape index (κ3) is 3.74. The van der Waals surface area contributed by atoms with Gasteiger partial charge in [0.25, 0.3) is 5.56 Å². The number of fused-ring (bicyclic) bond motifs is 1. The molecule has 0 radical (unpaired) electrons. The predicted octanol–water partition coefficient (Wildman–Crippen LogP) is 2.82. The van der Waals surface area contributed by atoms with Gasteiger partial charge in [-0.05, 0) is 61.8 Å². The Balaban J connectivity index is 1.39. The van der Waals surface area contributed by atoms with Crippen LogP contribution < -0.4 is 11.2 Å². The van der Waals surface area contributed by atoms with E-state index in [9.17, 15) is 14.4 Å². The number of H-pyrrole nitrogens is 1. The van der Waals surface area contributed by atoms with Crippen molar-refractivity contribution in [2.75, 3.05) is 13.1 Å². The quantitative estimate of drug-likeness (QED) is 0.877. The number of hydrogen-bond donors (Lipinski definition) is 1. The number of thiophene rings is 1. The molecule has 7 heteroatoms. The van der Waals surface area contributed by atoms with E-state index in [0.717, 1.165) is 45.2 Å². The van der Waals surface area contributed by atoms with Crippen molar-refractivity contribution >= 4 is 27.5 Å². The summed E-state index contributed by atoms with van der Waals surface area (Å²) in [6.45, 7) is 4.46. The molecule has 1 saturated heterocycles. The maximum absolute atomic E-state index is 12.8. The minimum absolute atomic E-state index is 0.112. The summed E-state index contributed by atoms with van der Waals surface area (Å²) < 4.78 is 1.95. The zero-order valence-electron chi connectivity index (χ0n) is 15.8. The molecular formula is C20H27N3O3S. The molecule has 0 spiro atoms. The van der Waals surface area contributed by atoms with Crippen molar-refractivity contribution < 1.29 is 4.79 Å². The molecule has 27 heavy (non-hydrogen) atoms. The first kappa shape index (κ1) is 18.5. The van der Waals surface area contributed by atoms with Gasteiger partial charge in [0, 0.05) is 25.6 Å². The molecule has 3 heterocycles. The normalized spacial score (nSPS) is 26.4. The van der Waals surface area contributed by atoms with Crippen LogP contribution in [-0.2, 0) is 11.3 Å². The van der Waals surface area contributed by atoms with E-state index in [1.54, 1.807) is 6.07 Å². The number of rotatable bonds is 3. The van der Waals surface area contributed by atoms with Crippen molar-refractivity contribution in [3.63, 3.8) is 0 Å². The fourth-order valence-corrected chi connectivity index (χ4v) is 5.43. The molecule has 146 valence electrons. The summed E-state index contributed by atoms with van der Waals surface area (Å²) in [6.07, 6.45) is 5.85. The smallest absolute Gasteiger partial charge is 0.328 e. The van der Waals surface area contributed by atoms with Crippen LogP contribution in [0.2, 0.25) is 0 Å². The largest absolute Gasteiger partial charge is 0.342 e. The number of aromatic amines is 1. The molecular weight excluding hydrogens is 362 g/mol. The Morgan fingerprint density at radius 2 is 2.00 bits per heavy atom. The zero-order chi connectivity index (χ0) is 19.0. The van der Waals surface area contributed by atoms with Gasteiger partial charge in [-0.15, -0.1) is 11.3 Å². The highest BCUT2D eigenvalue weighted by Crippen LogP contribution is 2.32. The summed E-state index contributed by atoms with van der Waals surface area (Å²) in [5.74, 6) is 1.31. The topological polar surface area (TPSA) is 75.2 Å². The van der Waals surface area contributed by atoms with Crippen molar-refractivity contribution in [3.05, 3.63) is 32.3 Å². The fourth-order valence-electron chi connectivity index (χ4n) is 4.63. The number of likely N-dealkylation sites (tertiary alicyclic amines) is 1. The lowest BCUT2D eigenvalue weighted by atomic mass is 9.81. The number of nitrogens with one attached hydrogen (secondary N) is 1. The van der Waals surface area contributed by atoms with E-state index in [1.807, 2.05) is 5.38 Å². The van der Waals surface area contributed by atoms with E-state index in [1.165, 1.54) is 22.3 Å². The zero-order valence-corrected chi connectivity index (χ0v) is 16.6. The average Bonchev–Trinajstić information content (AvgIpc) is 3.13. The first-order chi connectivity index (χ1) is 13.0. The van der Waals surface area contributed by atoms with Crippen LogP contribution in [0, 0.1) is 17.8 Å². The molecule has 0 aromatic carbocycles. The Morgan fingerprint density at radius 3 is 2.74 bits per heavy atom. The van der Waals surface area contributed by atoms with Gasteiger partial charge < -0.3 is 9.88 Å². The lowest BCUT2D eigenvalue weighted by Gasteiger charge is -2.36. The van der Waals surface area contributed by atoms with E-state index >= 15 is 0 Å². The standard InChI is InChI=1S/C20H27N3O3S/c1-13-3-2-9-22(11-13)18(24)15-6-4-14(5-7-15)12-23-19(25)17-16(8-10-27-17)21-20(23)26/h8,10,13-15H,2-7,9,11-12H2,1H3,(H,21,26). The molecule has 2 aromatic rings. The summed E-state index contributed by atoms with van der Waals surface area (Å²) in [5.41, 5.74) is 0.104. The second kappa shape index (κ2) is 7.62. The highest BCUT2D eigenvalue weighted by molar-refractivity contribution is 7.17. The van der Waals surface area contributed by atoms with Crippen LogP contribution in [0.5, 0.6) is 0 Å². The van der Waals surface area contributed by atoms with Crippen LogP contribution in [0.1, 0.15) is 45.4 Å². The third-order valence-corrected chi connectivity index (χ3v) is 7.10. The van der Waals surface area contributed by atoms with Crippen molar-refractivity contribution in [1.82, 2.24) is 14.5 Å². The van der Waals surface area contributed by atoms with E-state index in [-0.39, 0.29) is 23.1 Å². The molecule has 2 aliphatic rings. The summed E-state index contributed by atoms with van der Waals surface area (Å²) in [7, 11) is 0. The first-order valence-corrected chi connectivity index (χ1v) is 10.9. The lowest BCUT2D eigenvalue weighted by molar-refractivity contribution is -0.138. The van der Waals surface area contributed by atoms with Gasteiger partial charge in [0.1, 0.15) is 4.70 Å². The van der Waals surface area contributed by atoms with Crippen LogP contribution in [0.3, 0.4) is 0 Å². The second-order valence-electron chi connectivity index (χ2n) is 8.26. The molecule has 0 bridgehead atoms. The lowest BCUT2D eigenvalue weighted by Crippen LogP contribution is -2.43. The number of hydrogen-bond acceptors (Lipinski definition) is 4. The number of carbonyl (C=O) groups is 1. The molecule has 1 aliphatic carbocycles. The van der Waals surface area contributed by atoms with Crippen molar-refractivity contribution in [2.24, 2.45) is 17.8 Å². The molecule has 1 amide bonds. The Morgan fingerprint density at radius 1 is 1.22 bits per heavy atom. The van der Waals surface area contributed by atoms with Crippen molar-refractivity contribution in [1.29, 1.82) is 0 Å². The molecule has 2 aromatic heterocycles. The van der Waals surface area contributed by atoms with Crippen molar-refractivity contribution in [2.45, 2.75) is 52.0 Å². The van der Waals surface area contributed by atoms with Crippen LogP contribution in [0.25, 0.3) is 10.2 Å². The number of nitrogens with zero attached hydrogens (tertiary/aromatic N) is 2. The van der Waals surface area contributed by atoms with E-state index in [2.05, 4.69) is 16.8 Å². The van der Waals surface area contributed by atoms with Gasteiger partial charge in [0.05, 0.1) is 5.52 Å². The van der Waals surface area contributed by atoms with E-state index in [0.29, 0.717) is 28.6 Å². The SMILES string of the molecule is CC1CCCN(C(=O)C2CCC(Cn3c(=O)[nH]c4ccsc4c3=O)CC2)C1. The number of aromatic nitrogens is 2. The van der Waals surface area contributed by atoms with Crippen LogP contribution in [0.4, 0.5) is 0 Å². The Hall–Kier alpha value is -1.89. The maximum Gasteiger partial charge on any atom is 0.328 e. The third-order valence-electron chi connectivity index (χ3n) is 6.20. The summed E-state index contributed by atoms with van der Waals surface area (Å²) in [4.78, 5) is 42.5. The van der Waals surface area contributed by atoms with Gasteiger partial charge in [-0.25, -0.2) is 4.79 Å². The van der Waals surface area contributed by atoms with Gasteiger partial charge in [-0.1, -0.05) is 6.92 Å². The molecule has 6 nitrogen and oxygen atoms in total. The van der Waals surface area contributed by atoms with Gasteiger partial charge in [0.15, 0.2) is 0 Å². The molecule has 2 fully saturated rings. The molecule has 4 rings (SSSR count).